The maximum absolute atomic E-state index is 13.6. The lowest BCUT2D eigenvalue weighted by atomic mass is 9.90. The van der Waals surface area contributed by atoms with E-state index in [0.29, 0.717) is 51.8 Å². The van der Waals surface area contributed by atoms with Crippen LogP contribution in [0, 0.1) is 0 Å². The van der Waals surface area contributed by atoms with E-state index in [-0.39, 0.29) is 18.4 Å². The highest BCUT2D eigenvalue weighted by Crippen LogP contribution is 2.45. The molecule has 0 spiro atoms. The van der Waals surface area contributed by atoms with Crippen molar-refractivity contribution in [1.82, 2.24) is 0 Å². The molecule has 0 aliphatic carbocycles. The topological polar surface area (TPSA) is 57.2 Å². The minimum Gasteiger partial charge on any atom is -0.497 e. The van der Waals surface area contributed by atoms with Crippen molar-refractivity contribution < 1.29 is 23.7 Å². The van der Waals surface area contributed by atoms with E-state index in [1.165, 1.54) is 0 Å². The smallest absolute Gasteiger partial charge is 0.227 e. The summed E-state index contributed by atoms with van der Waals surface area (Å²) in [5.74, 6) is 2.11. The molecule has 6 nitrogen and oxygen atoms in total. The fraction of sp³-hybridized carbons (Fsp3) is 0.387. The van der Waals surface area contributed by atoms with E-state index in [2.05, 4.69) is 6.92 Å². The van der Waals surface area contributed by atoms with E-state index in [4.69, 9.17) is 42.1 Å². The molecule has 0 bridgehead atoms. The van der Waals surface area contributed by atoms with Crippen LogP contribution in [0.3, 0.4) is 0 Å². The van der Waals surface area contributed by atoms with Crippen LogP contribution in [0.25, 0.3) is 0 Å². The first-order valence-electron chi connectivity index (χ1n) is 13.1. The Bertz CT molecular complexity index is 1280. The molecule has 0 aromatic heterocycles. The third-order valence-corrected chi connectivity index (χ3v) is 7.29. The largest absolute Gasteiger partial charge is 0.497 e. The second kappa shape index (κ2) is 14.3. The number of amides is 1. The van der Waals surface area contributed by atoms with Crippen molar-refractivity contribution >= 4 is 34.8 Å². The Morgan fingerprint density at radius 2 is 1.64 bits per heavy atom. The summed E-state index contributed by atoms with van der Waals surface area (Å²) in [6, 6.07) is 14.9. The van der Waals surface area contributed by atoms with Crippen LogP contribution in [0.5, 0.6) is 23.0 Å². The summed E-state index contributed by atoms with van der Waals surface area (Å²) in [5.41, 5.74) is 3.16. The van der Waals surface area contributed by atoms with Crippen molar-refractivity contribution in [3.63, 3.8) is 0 Å². The number of hydrogen-bond donors (Lipinski definition) is 0. The molecule has 3 rings (SSSR count). The van der Waals surface area contributed by atoms with Gasteiger partial charge in [-0.3, -0.25) is 4.79 Å². The van der Waals surface area contributed by atoms with Crippen molar-refractivity contribution in [2.24, 2.45) is 0 Å². The minimum absolute atomic E-state index is 0.0688. The number of unbranched alkanes of at least 4 members (excludes halogenated alkanes) is 1. The number of rotatable bonds is 13. The van der Waals surface area contributed by atoms with E-state index in [1.807, 2.05) is 56.3 Å². The lowest BCUT2D eigenvalue weighted by Gasteiger charge is -2.30. The Labute approximate surface area is 241 Å². The first kappa shape index (κ1) is 30.5. The number of benzene rings is 3. The fourth-order valence-electron chi connectivity index (χ4n) is 4.47. The quantitative estimate of drug-likeness (QED) is 0.192. The highest BCUT2D eigenvalue weighted by Gasteiger charge is 2.28. The summed E-state index contributed by atoms with van der Waals surface area (Å²) in [6.07, 6.45) is 2.13. The van der Waals surface area contributed by atoms with Gasteiger partial charge in [0.2, 0.25) is 5.91 Å². The molecular formula is C31H37Cl2NO5. The van der Waals surface area contributed by atoms with Gasteiger partial charge in [0, 0.05) is 35.1 Å². The molecular weight excluding hydrogens is 537 g/mol. The molecule has 0 aliphatic heterocycles. The number of anilines is 1. The van der Waals surface area contributed by atoms with Crippen LogP contribution in [0.1, 0.15) is 62.6 Å². The van der Waals surface area contributed by atoms with E-state index >= 15 is 0 Å². The molecule has 8 heteroatoms. The summed E-state index contributed by atoms with van der Waals surface area (Å²) in [4.78, 5) is 15.4. The number of methoxy groups -OCH3 is 3. The second-order valence-corrected chi connectivity index (χ2v) is 9.95. The van der Waals surface area contributed by atoms with Gasteiger partial charge in [0.1, 0.15) is 23.0 Å². The van der Waals surface area contributed by atoms with E-state index < -0.39 is 0 Å². The van der Waals surface area contributed by atoms with Gasteiger partial charge in [-0.05, 0) is 41.8 Å². The molecule has 0 N–H and O–H groups in total. The Hall–Kier alpha value is -3.09. The van der Waals surface area contributed by atoms with Crippen LogP contribution < -0.4 is 23.8 Å². The monoisotopic (exact) mass is 573 g/mol. The number of nitrogens with zero attached hydrogens (tertiary/aromatic N) is 1. The highest BCUT2D eigenvalue weighted by molar-refractivity contribution is 6.33. The summed E-state index contributed by atoms with van der Waals surface area (Å²) >= 11 is 13.4. The van der Waals surface area contributed by atoms with E-state index in [0.717, 1.165) is 29.5 Å². The zero-order valence-corrected chi connectivity index (χ0v) is 25.0. The predicted octanol–water partition coefficient (Wildman–Crippen LogP) is 8.29. The molecule has 0 unspecified atom stereocenters. The Morgan fingerprint density at radius 3 is 2.28 bits per heavy atom. The SMILES string of the molecule is CCCCOc1cc(Cl)cc([C@H](C)c2cccc(OC)c2Cl)c1N(Cc1ccc(OC)cc1OC)C(=O)CC. The number of hydrogen-bond acceptors (Lipinski definition) is 5. The van der Waals surface area contributed by atoms with E-state index in [9.17, 15) is 4.79 Å². The van der Waals surface area contributed by atoms with Gasteiger partial charge in [-0.15, -0.1) is 0 Å². The molecule has 39 heavy (non-hydrogen) atoms. The molecule has 0 radical (unpaired) electrons. The maximum Gasteiger partial charge on any atom is 0.227 e. The molecule has 0 heterocycles. The summed E-state index contributed by atoms with van der Waals surface area (Å²) < 4.78 is 22.8. The third-order valence-electron chi connectivity index (χ3n) is 6.67. The van der Waals surface area contributed by atoms with Crippen LogP contribution >= 0.6 is 23.2 Å². The second-order valence-electron chi connectivity index (χ2n) is 9.14. The molecule has 1 amide bonds. The first-order valence-corrected chi connectivity index (χ1v) is 13.8. The zero-order valence-electron chi connectivity index (χ0n) is 23.5. The van der Waals surface area contributed by atoms with Crippen LogP contribution in [-0.2, 0) is 11.3 Å². The van der Waals surface area contributed by atoms with Crippen molar-refractivity contribution in [3.05, 3.63) is 75.3 Å². The predicted molar refractivity (Wildman–Crippen MR) is 158 cm³/mol. The molecule has 210 valence electrons. The molecule has 0 saturated carbocycles. The minimum atomic E-state index is -0.236. The van der Waals surface area contributed by atoms with Gasteiger partial charge in [0.25, 0.3) is 0 Å². The molecule has 3 aromatic rings. The van der Waals surface area contributed by atoms with Gasteiger partial charge < -0.3 is 23.8 Å². The van der Waals surface area contributed by atoms with Crippen molar-refractivity contribution in [2.75, 3.05) is 32.8 Å². The molecule has 0 fully saturated rings. The van der Waals surface area contributed by atoms with Gasteiger partial charge in [-0.1, -0.05) is 62.5 Å². The number of carbonyl (C=O) groups excluding carboxylic acids is 1. The molecule has 0 aliphatic rings. The van der Waals surface area contributed by atoms with E-state index in [1.54, 1.807) is 32.3 Å². The van der Waals surface area contributed by atoms with Gasteiger partial charge in [0.05, 0.1) is 45.2 Å². The standard InChI is InChI=1S/C31H37Cl2NO5/c1-7-9-15-39-28-17-22(32)16-25(20(3)24-11-10-12-26(37-5)30(24)33)31(28)34(29(35)8-2)19-21-13-14-23(36-4)18-27(21)38-6/h10-14,16-18,20H,7-9,15,19H2,1-6H3/t20-/m1/s1. The number of carbonyl (C=O) groups is 1. The van der Waals surface area contributed by atoms with Gasteiger partial charge >= 0.3 is 0 Å². The van der Waals surface area contributed by atoms with Crippen LogP contribution in [0.4, 0.5) is 5.69 Å². The van der Waals surface area contributed by atoms with Gasteiger partial charge in [-0.25, -0.2) is 0 Å². The maximum atomic E-state index is 13.6. The van der Waals surface area contributed by atoms with Crippen molar-refractivity contribution in [1.29, 1.82) is 0 Å². The average Bonchev–Trinajstić information content (AvgIpc) is 2.95. The Morgan fingerprint density at radius 1 is 0.897 bits per heavy atom. The lowest BCUT2D eigenvalue weighted by molar-refractivity contribution is -0.118. The first-order chi connectivity index (χ1) is 18.8. The summed E-state index contributed by atoms with van der Waals surface area (Å²) in [6.45, 7) is 6.74. The normalized spacial score (nSPS) is 11.6. The summed E-state index contributed by atoms with van der Waals surface area (Å²) in [7, 11) is 4.79. The number of ether oxygens (including phenoxy) is 4. The van der Waals surface area contributed by atoms with Gasteiger partial charge in [-0.2, -0.15) is 0 Å². The third kappa shape index (κ3) is 7.11. The van der Waals surface area contributed by atoms with Crippen molar-refractivity contribution in [2.45, 2.75) is 52.5 Å². The van der Waals surface area contributed by atoms with Crippen LogP contribution in [0.2, 0.25) is 10.0 Å². The van der Waals surface area contributed by atoms with Crippen molar-refractivity contribution in [3.8, 4) is 23.0 Å². The van der Waals surface area contributed by atoms with Gasteiger partial charge in [0.15, 0.2) is 0 Å². The lowest BCUT2D eigenvalue weighted by Crippen LogP contribution is -2.31. The number of halogens is 2. The average molecular weight is 575 g/mol. The van der Waals surface area contributed by atoms with Crippen LogP contribution in [-0.4, -0.2) is 33.8 Å². The highest BCUT2D eigenvalue weighted by atomic mass is 35.5. The fourth-order valence-corrected chi connectivity index (χ4v) is 5.06. The summed E-state index contributed by atoms with van der Waals surface area (Å²) in [5, 5.41) is 1.02. The molecule has 1 atom stereocenters. The Balaban J connectivity index is 2.25. The van der Waals surface area contributed by atoms with Crippen LogP contribution in [0.15, 0.2) is 48.5 Å². The zero-order chi connectivity index (χ0) is 28.5. The molecule has 3 aromatic carbocycles. The Kier molecular flexibility index (Phi) is 11.2. The molecule has 0 saturated heterocycles.